The number of nitrogens with zero attached hydrogens (tertiary/aromatic N) is 2. The molecule has 2 aliphatic rings. The van der Waals surface area contributed by atoms with E-state index in [2.05, 4.69) is 10.6 Å². The van der Waals surface area contributed by atoms with Crippen LogP contribution in [0.5, 0.6) is 0 Å². The quantitative estimate of drug-likeness (QED) is 0.806. The Balaban J connectivity index is 1.61. The van der Waals surface area contributed by atoms with Gasteiger partial charge in [0.1, 0.15) is 6.54 Å². The highest BCUT2D eigenvalue weighted by atomic mass is 16.2. The van der Waals surface area contributed by atoms with Crippen LogP contribution in [0.15, 0.2) is 30.3 Å². The Morgan fingerprint density at radius 1 is 1.18 bits per heavy atom. The minimum atomic E-state index is -0.238. The number of benzene rings is 1. The predicted octanol–water partition coefficient (Wildman–Crippen LogP) is 1.59. The van der Waals surface area contributed by atoms with Crippen LogP contribution in [0.25, 0.3) is 0 Å². The Bertz CT molecular complexity index is 705. The van der Waals surface area contributed by atoms with E-state index >= 15 is 0 Å². The number of hydrogen-bond donors (Lipinski definition) is 2. The van der Waals surface area contributed by atoms with Crippen molar-refractivity contribution in [1.82, 2.24) is 20.4 Å². The van der Waals surface area contributed by atoms with Crippen molar-refractivity contribution in [3.05, 3.63) is 35.9 Å². The molecule has 7 heteroatoms. The normalized spacial score (nSPS) is 24.1. The van der Waals surface area contributed by atoms with Crippen molar-refractivity contribution in [2.75, 3.05) is 26.2 Å². The van der Waals surface area contributed by atoms with Gasteiger partial charge in [0.2, 0.25) is 11.8 Å². The lowest BCUT2D eigenvalue weighted by atomic mass is 10.0. The first-order chi connectivity index (χ1) is 13.5. The van der Waals surface area contributed by atoms with Crippen LogP contribution in [0.4, 0.5) is 4.79 Å². The highest BCUT2D eigenvalue weighted by Gasteiger charge is 2.42. The number of hydrogen-bond acceptors (Lipinski definition) is 3. The highest BCUT2D eigenvalue weighted by Crippen LogP contribution is 2.34. The molecule has 1 aromatic rings. The van der Waals surface area contributed by atoms with Gasteiger partial charge in [-0.2, -0.15) is 0 Å². The first-order valence-corrected chi connectivity index (χ1v) is 10.2. The third kappa shape index (κ3) is 4.64. The van der Waals surface area contributed by atoms with Crippen LogP contribution in [0.3, 0.4) is 0 Å². The first kappa shape index (κ1) is 20.2. The van der Waals surface area contributed by atoms with Gasteiger partial charge in [-0.15, -0.1) is 0 Å². The molecule has 7 nitrogen and oxygen atoms in total. The third-order valence-electron chi connectivity index (χ3n) is 5.83. The maximum atomic E-state index is 12.7. The summed E-state index contributed by atoms with van der Waals surface area (Å²) in [6.45, 7) is 6.33. The zero-order valence-electron chi connectivity index (χ0n) is 16.7. The zero-order chi connectivity index (χ0) is 20.1. The second kappa shape index (κ2) is 9.08. The van der Waals surface area contributed by atoms with Gasteiger partial charge in [0.05, 0.1) is 0 Å². The largest absolute Gasteiger partial charge is 0.351 e. The van der Waals surface area contributed by atoms with Crippen molar-refractivity contribution >= 4 is 17.8 Å². The molecule has 1 saturated heterocycles. The molecule has 0 bridgehead atoms. The van der Waals surface area contributed by atoms with Crippen molar-refractivity contribution in [2.24, 2.45) is 11.8 Å². The summed E-state index contributed by atoms with van der Waals surface area (Å²) in [7, 11) is 0. The second-order valence-corrected chi connectivity index (χ2v) is 7.64. The molecule has 2 fully saturated rings. The van der Waals surface area contributed by atoms with E-state index in [1.165, 1.54) is 0 Å². The van der Waals surface area contributed by atoms with E-state index < -0.39 is 0 Å². The van der Waals surface area contributed by atoms with Gasteiger partial charge in [0.25, 0.3) is 0 Å². The molecule has 1 heterocycles. The molecular weight excluding hydrogens is 356 g/mol. The summed E-state index contributed by atoms with van der Waals surface area (Å²) in [6.07, 6.45) is 1.37. The van der Waals surface area contributed by atoms with Crippen LogP contribution in [0, 0.1) is 11.8 Å². The lowest BCUT2D eigenvalue weighted by molar-refractivity contribution is -0.135. The van der Waals surface area contributed by atoms with Crippen LogP contribution in [-0.2, 0) is 16.1 Å². The number of rotatable bonds is 5. The summed E-state index contributed by atoms with van der Waals surface area (Å²) >= 11 is 0. The molecule has 0 radical (unpaired) electrons. The van der Waals surface area contributed by atoms with Gasteiger partial charge < -0.3 is 20.4 Å². The molecule has 1 aliphatic carbocycles. The van der Waals surface area contributed by atoms with E-state index in [9.17, 15) is 14.4 Å². The minimum Gasteiger partial charge on any atom is -0.351 e. The fraction of sp³-hybridized carbons (Fsp3) is 0.571. The lowest BCUT2D eigenvalue weighted by Gasteiger charge is -2.24. The number of amides is 4. The minimum absolute atomic E-state index is 0.0380. The van der Waals surface area contributed by atoms with Gasteiger partial charge >= 0.3 is 6.03 Å². The van der Waals surface area contributed by atoms with Crippen LogP contribution in [0.2, 0.25) is 0 Å². The average Bonchev–Trinajstić information content (AvgIpc) is 3.02. The van der Waals surface area contributed by atoms with Crippen molar-refractivity contribution in [3.8, 4) is 0 Å². The van der Waals surface area contributed by atoms with E-state index in [1.807, 2.05) is 49.1 Å². The molecule has 2 N–H and O–H groups in total. The van der Waals surface area contributed by atoms with Crippen LogP contribution < -0.4 is 10.6 Å². The van der Waals surface area contributed by atoms with E-state index in [-0.39, 0.29) is 42.3 Å². The van der Waals surface area contributed by atoms with Crippen LogP contribution in [-0.4, -0.2) is 59.9 Å². The molecule has 0 spiro atoms. The molecule has 1 aromatic carbocycles. The molecular formula is C21H30N4O3. The van der Waals surface area contributed by atoms with Crippen molar-refractivity contribution < 1.29 is 14.4 Å². The van der Waals surface area contributed by atoms with E-state index in [1.54, 1.807) is 4.90 Å². The van der Waals surface area contributed by atoms with Gasteiger partial charge in [-0.3, -0.25) is 9.59 Å². The summed E-state index contributed by atoms with van der Waals surface area (Å²) < 4.78 is 0. The molecule has 3 unspecified atom stereocenters. The molecule has 0 aromatic heterocycles. The number of nitrogens with one attached hydrogen (secondary N) is 2. The first-order valence-electron chi connectivity index (χ1n) is 10.2. The average molecular weight is 386 g/mol. The van der Waals surface area contributed by atoms with Crippen molar-refractivity contribution in [3.63, 3.8) is 0 Å². The Labute approximate surface area is 166 Å². The number of carbonyl (C=O) groups excluding carboxylic acids is 3. The Morgan fingerprint density at radius 3 is 2.57 bits per heavy atom. The second-order valence-electron chi connectivity index (χ2n) is 7.64. The van der Waals surface area contributed by atoms with E-state index in [0.717, 1.165) is 5.56 Å². The van der Waals surface area contributed by atoms with Crippen molar-refractivity contribution in [1.29, 1.82) is 0 Å². The summed E-state index contributed by atoms with van der Waals surface area (Å²) in [5, 5.41) is 5.93. The van der Waals surface area contributed by atoms with Gasteiger partial charge in [-0.05, 0) is 38.2 Å². The molecule has 3 rings (SSSR count). The van der Waals surface area contributed by atoms with Crippen LogP contribution >= 0.6 is 0 Å². The summed E-state index contributed by atoms with van der Waals surface area (Å²) in [6, 6.07) is 9.41. The van der Waals surface area contributed by atoms with E-state index in [4.69, 9.17) is 0 Å². The monoisotopic (exact) mass is 386 g/mol. The standard InChI is InChI=1S/C21H30N4O3/c1-3-24(4-2)20(27)16-10-17-13-25(14-19(26)23-18(17)11-16)21(28)22-12-15-8-6-5-7-9-15/h5-9,16-18H,3-4,10-14H2,1-2H3,(H,22,28)(H,23,26). The summed E-state index contributed by atoms with van der Waals surface area (Å²) in [4.78, 5) is 41.1. The maximum absolute atomic E-state index is 12.7. The van der Waals surface area contributed by atoms with Gasteiger partial charge in [0.15, 0.2) is 0 Å². The Morgan fingerprint density at radius 2 is 1.89 bits per heavy atom. The Kier molecular flexibility index (Phi) is 6.54. The predicted molar refractivity (Wildman–Crippen MR) is 106 cm³/mol. The van der Waals surface area contributed by atoms with Gasteiger partial charge in [-0.25, -0.2) is 4.79 Å². The Hall–Kier alpha value is -2.57. The van der Waals surface area contributed by atoms with Crippen molar-refractivity contribution in [2.45, 2.75) is 39.3 Å². The lowest BCUT2D eigenvalue weighted by Crippen LogP contribution is -2.44. The van der Waals surface area contributed by atoms with Gasteiger partial charge in [-0.1, -0.05) is 30.3 Å². The fourth-order valence-corrected chi connectivity index (χ4v) is 4.31. The summed E-state index contributed by atoms with van der Waals surface area (Å²) in [5.74, 6) is 0.0340. The highest BCUT2D eigenvalue weighted by molar-refractivity contribution is 5.85. The number of carbonyl (C=O) groups is 3. The van der Waals surface area contributed by atoms with Gasteiger partial charge in [0, 0.05) is 38.1 Å². The molecule has 1 saturated carbocycles. The van der Waals surface area contributed by atoms with E-state index in [0.29, 0.717) is 39.0 Å². The molecule has 152 valence electrons. The zero-order valence-corrected chi connectivity index (χ0v) is 16.7. The number of fused-ring (bicyclic) bond motifs is 1. The SMILES string of the molecule is CCN(CC)C(=O)C1CC2CN(C(=O)NCc3ccccc3)CC(=O)NC2C1. The topological polar surface area (TPSA) is 81.8 Å². The fourth-order valence-electron chi connectivity index (χ4n) is 4.31. The smallest absolute Gasteiger partial charge is 0.318 e. The van der Waals surface area contributed by atoms with Crippen LogP contribution in [0.1, 0.15) is 32.3 Å². The third-order valence-corrected chi connectivity index (χ3v) is 5.83. The summed E-state index contributed by atoms with van der Waals surface area (Å²) in [5.41, 5.74) is 1.01. The molecule has 28 heavy (non-hydrogen) atoms. The molecule has 1 aliphatic heterocycles. The molecule has 3 atom stereocenters. The maximum Gasteiger partial charge on any atom is 0.318 e. The molecule has 4 amide bonds. The number of urea groups is 1.